The van der Waals surface area contributed by atoms with Crippen molar-refractivity contribution in [1.82, 2.24) is 9.80 Å². The zero-order chi connectivity index (χ0) is 23.7. The standard InChI is InChI=1S/C28H31N3O3/c1-28(2,33)22-8-12-25(13-9-22)34-26-14-10-23(11-15-26)31-20-24-19-29(16-17-30(24)27(31)32)18-21-6-4-3-5-7-21/h3-15,24,33H,16-20H2,1-2H3. The second-order valence-corrected chi connectivity index (χ2v) is 9.64. The van der Waals surface area contributed by atoms with Crippen LogP contribution >= 0.6 is 0 Å². The molecular formula is C28H31N3O3. The predicted octanol–water partition coefficient (Wildman–Crippen LogP) is 4.83. The molecule has 0 spiro atoms. The molecule has 2 amide bonds. The van der Waals surface area contributed by atoms with Crippen molar-refractivity contribution in [1.29, 1.82) is 0 Å². The highest BCUT2D eigenvalue weighted by Gasteiger charge is 2.41. The van der Waals surface area contributed by atoms with Crippen molar-refractivity contribution in [2.75, 3.05) is 31.1 Å². The van der Waals surface area contributed by atoms with Crippen LogP contribution < -0.4 is 9.64 Å². The molecule has 3 aromatic carbocycles. The third-order valence-corrected chi connectivity index (χ3v) is 6.63. The summed E-state index contributed by atoms with van der Waals surface area (Å²) in [7, 11) is 0. The number of anilines is 1. The van der Waals surface area contributed by atoms with Crippen molar-refractivity contribution in [2.24, 2.45) is 0 Å². The van der Waals surface area contributed by atoms with Crippen LogP contribution in [0.25, 0.3) is 0 Å². The first kappa shape index (κ1) is 22.4. The molecule has 2 heterocycles. The lowest BCUT2D eigenvalue weighted by Gasteiger charge is -2.36. The SMILES string of the molecule is CC(C)(O)c1ccc(Oc2ccc(N3CC4CN(Cc5ccccc5)CCN4C3=O)cc2)cc1. The van der Waals surface area contributed by atoms with E-state index in [0.29, 0.717) is 18.0 Å². The quantitative estimate of drug-likeness (QED) is 0.576. The van der Waals surface area contributed by atoms with Crippen molar-refractivity contribution in [3.63, 3.8) is 0 Å². The fraction of sp³-hybridized carbons (Fsp3) is 0.321. The van der Waals surface area contributed by atoms with Crippen molar-refractivity contribution in [3.8, 4) is 11.5 Å². The van der Waals surface area contributed by atoms with E-state index in [0.717, 1.165) is 37.4 Å². The van der Waals surface area contributed by atoms with Gasteiger partial charge in [-0.05, 0) is 61.4 Å². The summed E-state index contributed by atoms with van der Waals surface area (Å²) in [6, 6.07) is 25.9. The van der Waals surface area contributed by atoms with Crippen molar-refractivity contribution >= 4 is 11.7 Å². The third kappa shape index (κ3) is 4.79. The van der Waals surface area contributed by atoms with E-state index < -0.39 is 5.60 Å². The van der Waals surface area contributed by atoms with Crippen LogP contribution in [0.2, 0.25) is 0 Å². The number of carbonyl (C=O) groups is 1. The number of nitrogens with zero attached hydrogens (tertiary/aromatic N) is 3. The van der Waals surface area contributed by atoms with E-state index in [9.17, 15) is 9.90 Å². The first-order valence-electron chi connectivity index (χ1n) is 11.8. The molecule has 1 N–H and O–H groups in total. The Morgan fingerprint density at radius 2 is 1.53 bits per heavy atom. The maximum atomic E-state index is 13.1. The zero-order valence-electron chi connectivity index (χ0n) is 19.7. The molecule has 6 nitrogen and oxygen atoms in total. The summed E-state index contributed by atoms with van der Waals surface area (Å²) >= 11 is 0. The topological polar surface area (TPSA) is 56.3 Å². The first-order chi connectivity index (χ1) is 16.4. The molecule has 2 saturated heterocycles. The summed E-state index contributed by atoms with van der Waals surface area (Å²) in [6.07, 6.45) is 0. The lowest BCUT2D eigenvalue weighted by Crippen LogP contribution is -2.51. The Kier molecular flexibility index (Phi) is 6.02. The molecule has 0 saturated carbocycles. The highest BCUT2D eigenvalue weighted by molar-refractivity contribution is 5.94. The Balaban J connectivity index is 1.21. The van der Waals surface area contributed by atoms with Crippen LogP contribution in [0.4, 0.5) is 10.5 Å². The third-order valence-electron chi connectivity index (χ3n) is 6.63. The molecule has 2 aliphatic rings. The number of hydrogen-bond acceptors (Lipinski definition) is 4. The Labute approximate surface area is 201 Å². The molecular weight excluding hydrogens is 426 g/mol. The van der Waals surface area contributed by atoms with Gasteiger partial charge in [-0.25, -0.2) is 4.79 Å². The molecule has 5 rings (SSSR count). The normalized spacial score (nSPS) is 18.8. The minimum absolute atomic E-state index is 0.0836. The van der Waals surface area contributed by atoms with E-state index in [1.165, 1.54) is 5.56 Å². The molecule has 6 heteroatoms. The van der Waals surface area contributed by atoms with Gasteiger partial charge in [0, 0.05) is 38.4 Å². The minimum Gasteiger partial charge on any atom is -0.457 e. The fourth-order valence-corrected chi connectivity index (χ4v) is 4.73. The summed E-state index contributed by atoms with van der Waals surface area (Å²) in [5.74, 6) is 1.41. The lowest BCUT2D eigenvalue weighted by molar-refractivity contribution is 0.0785. The Morgan fingerprint density at radius 1 is 0.882 bits per heavy atom. The number of ether oxygens (including phenoxy) is 1. The van der Waals surface area contributed by atoms with Crippen LogP contribution in [0.15, 0.2) is 78.9 Å². The van der Waals surface area contributed by atoms with Crippen LogP contribution in [0.1, 0.15) is 25.0 Å². The van der Waals surface area contributed by atoms with E-state index in [1.807, 2.05) is 64.4 Å². The summed E-state index contributed by atoms with van der Waals surface area (Å²) < 4.78 is 5.95. The number of carbonyl (C=O) groups excluding carboxylic acids is 1. The van der Waals surface area contributed by atoms with Gasteiger partial charge in [-0.3, -0.25) is 9.80 Å². The monoisotopic (exact) mass is 457 g/mol. The number of aliphatic hydroxyl groups is 1. The van der Waals surface area contributed by atoms with Crippen molar-refractivity contribution in [2.45, 2.75) is 32.0 Å². The summed E-state index contributed by atoms with van der Waals surface area (Å²) in [6.45, 7) is 7.67. The van der Waals surface area contributed by atoms with Gasteiger partial charge in [0.25, 0.3) is 0 Å². The van der Waals surface area contributed by atoms with Crippen molar-refractivity contribution < 1.29 is 14.6 Å². The van der Waals surface area contributed by atoms with Gasteiger partial charge in [0.1, 0.15) is 11.5 Å². The second-order valence-electron chi connectivity index (χ2n) is 9.64. The molecule has 3 aromatic rings. The smallest absolute Gasteiger partial charge is 0.324 e. The maximum Gasteiger partial charge on any atom is 0.324 e. The van der Waals surface area contributed by atoms with Gasteiger partial charge in [-0.1, -0.05) is 42.5 Å². The lowest BCUT2D eigenvalue weighted by atomic mass is 9.99. The Bertz CT molecular complexity index is 1120. The largest absolute Gasteiger partial charge is 0.457 e. The second kappa shape index (κ2) is 9.12. The molecule has 1 unspecified atom stereocenters. The van der Waals surface area contributed by atoms with Crippen LogP contribution in [0.3, 0.4) is 0 Å². The number of benzene rings is 3. The number of amides is 2. The van der Waals surface area contributed by atoms with Gasteiger partial charge in [-0.15, -0.1) is 0 Å². The van der Waals surface area contributed by atoms with Gasteiger partial charge >= 0.3 is 6.03 Å². The van der Waals surface area contributed by atoms with Gasteiger partial charge in [0.2, 0.25) is 0 Å². The van der Waals surface area contributed by atoms with Crippen molar-refractivity contribution in [3.05, 3.63) is 90.0 Å². The number of fused-ring (bicyclic) bond motifs is 1. The molecule has 0 radical (unpaired) electrons. The number of rotatable bonds is 6. The molecule has 1 atom stereocenters. The molecule has 0 bridgehead atoms. The van der Waals surface area contributed by atoms with E-state index >= 15 is 0 Å². The van der Waals surface area contributed by atoms with E-state index in [4.69, 9.17) is 4.74 Å². The first-order valence-corrected chi connectivity index (χ1v) is 11.8. The summed E-state index contributed by atoms with van der Waals surface area (Å²) in [5.41, 5.74) is 2.15. The molecule has 34 heavy (non-hydrogen) atoms. The van der Waals surface area contributed by atoms with Crippen LogP contribution in [0, 0.1) is 0 Å². The maximum absolute atomic E-state index is 13.1. The molecule has 176 valence electrons. The van der Waals surface area contributed by atoms with Crippen LogP contribution in [0.5, 0.6) is 11.5 Å². The highest BCUT2D eigenvalue weighted by atomic mass is 16.5. The highest BCUT2D eigenvalue weighted by Crippen LogP contribution is 2.30. The van der Waals surface area contributed by atoms with E-state index in [-0.39, 0.29) is 12.1 Å². The average Bonchev–Trinajstić information content (AvgIpc) is 3.16. The predicted molar refractivity (Wildman–Crippen MR) is 133 cm³/mol. The Hall–Kier alpha value is -3.35. The van der Waals surface area contributed by atoms with Gasteiger partial charge in [0.15, 0.2) is 0 Å². The van der Waals surface area contributed by atoms with E-state index in [2.05, 4.69) is 29.2 Å². The minimum atomic E-state index is -0.881. The molecule has 0 aromatic heterocycles. The molecule has 0 aliphatic carbocycles. The molecule has 2 fully saturated rings. The molecule has 2 aliphatic heterocycles. The van der Waals surface area contributed by atoms with Crippen LogP contribution in [-0.4, -0.2) is 53.2 Å². The van der Waals surface area contributed by atoms with Gasteiger partial charge < -0.3 is 14.7 Å². The summed E-state index contributed by atoms with van der Waals surface area (Å²) in [5, 5.41) is 10.1. The zero-order valence-corrected chi connectivity index (χ0v) is 19.7. The number of hydrogen-bond donors (Lipinski definition) is 1. The summed E-state index contributed by atoms with van der Waals surface area (Å²) in [4.78, 5) is 19.4. The van der Waals surface area contributed by atoms with Gasteiger partial charge in [0.05, 0.1) is 11.6 Å². The number of piperazine rings is 1. The average molecular weight is 458 g/mol. The van der Waals surface area contributed by atoms with E-state index in [1.54, 1.807) is 13.8 Å². The number of urea groups is 1. The fourth-order valence-electron chi connectivity index (χ4n) is 4.73. The van der Waals surface area contributed by atoms with Crippen LogP contribution in [-0.2, 0) is 12.1 Å². The Morgan fingerprint density at radius 3 is 2.18 bits per heavy atom. The van der Waals surface area contributed by atoms with Gasteiger partial charge in [-0.2, -0.15) is 0 Å².